The highest BCUT2D eigenvalue weighted by atomic mass is 16.7. The number of rotatable bonds is 8. The number of H-pyrrole nitrogens is 1. The maximum absolute atomic E-state index is 13.8. The van der Waals surface area contributed by atoms with Crippen LogP contribution in [0.4, 0.5) is 0 Å². The summed E-state index contributed by atoms with van der Waals surface area (Å²) in [6.07, 6.45) is -4.89. The number of ether oxygens (including phenoxy) is 4. The molecule has 5 atom stereocenters. The number of ketones is 1. The van der Waals surface area contributed by atoms with Gasteiger partial charge in [-0.25, -0.2) is 0 Å². The van der Waals surface area contributed by atoms with E-state index in [9.17, 15) is 25.2 Å². The predicted molar refractivity (Wildman–Crippen MR) is 140 cm³/mol. The molecule has 1 aromatic heterocycles. The average Bonchev–Trinajstić information content (AvgIpc) is 3.42. The number of aliphatic hydroxyl groups is 4. The first-order chi connectivity index (χ1) is 18.8. The van der Waals surface area contributed by atoms with Crippen LogP contribution >= 0.6 is 0 Å². The molecule has 1 aliphatic heterocycles. The van der Waals surface area contributed by atoms with Gasteiger partial charge in [-0.1, -0.05) is 30.3 Å². The second-order valence-electron chi connectivity index (χ2n) is 9.17. The largest absolute Gasteiger partial charge is 0.497 e. The van der Waals surface area contributed by atoms with E-state index in [-0.39, 0.29) is 22.6 Å². The molecule has 5 rings (SSSR count). The van der Waals surface area contributed by atoms with Gasteiger partial charge in [0.05, 0.1) is 37.5 Å². The minimum Gasteiger partial charge on any atom is -0.497 e. The van der Waals surface area contributed by atoms with Crippen molar-refractivity contribution in [2.45, 2.75) is 30.2 Å². The van der Waals surface area contributed by atoms with Crippen LogP contribution in [0.15, 0.2) is 72.9 Å². The number of aromatic nitrogens is 1. The van der Waals surface area contributed by atoms with Gasteiger partial charge >= 0.3 is 0 Å². The lowest BCUT2D eigenvalue weighted by Crippen LogP contribution is -2.65. The Morgan fingerprint density at radius 1 is 0.923 bits per heavy atom. The highest BCUT2D eigenvalue weighted by Gasteiger charge is 2.57. The molecular weight excluding hydrogens is 506 g/mol. The molecule has 204 valence electrons. The molecule has 0 aliphatic carbocycles. The lowest BCUT2D eigenvalue weighted by molar-refractivity contribution is -0.345. The molecule has 0 amide bonds. The van der Waals surface area contributed by atoms with Gasteiger partial charge in [0.1, 0.15) is 35.6 Å². The summed E-state index contributed by atoms with van der Waals surface area (Å²) in [4.78, 5) is 16.9. The summed E-state index contributed by atoms with van der Waals surface area (Å²) in [5.74, 6) is -1.74. The number of aliphatic hydroxyl groups excluding tert-OH is 4. The summed E-state index contributed by atoms with van der Waals surface area (Å²) in [6, 6.07) is 18.3. The second-order valence-corrected chi connectivity index (χ2v) is 9.17. The van der Waals surface area contributed by atoms with Crippen LogP contribution in [-0.4, -0.2) is 76.4 Å². The summed E-state index contributed by atoms with van der Waals surface area (Å²) in [5, 5.41) is 43.2. The molecule has 10 heteroatoms. The van der Waals surface area contributed by atoms with Crippen LogP contribution in [0.25, 0.3) is 10.9 Å². The van der Waals surface area contributed by atoms with Crippen molar-refractivity contribution >= 4 is 16.7 Å². The molecule has 0 spiro atoms. The molecule has 1 fully saturated rings. The highest BCUT2D eigenvalue weighted by Crippen LogP contribution is 2.44. The number of methoxy groups -OCH3 is 2. The van der Waals surface area contributed by atoms with Crippen molar-refractivity contribution in [2.24, 2.45) is 0 Å². The fourth-order valence-electron chi connectivity index (χ4n) is 4.90. The normalized spacial score (nSPS) is 24.9. The molecule has 1 aliphatic rings. The molecule has 3 aromatic carbocycles. The number of para-hydroxylation sites is 2. The maximum Gasteiger partial charge on any atom is 0.268 e. The van der Waals surface area contributed by atoms with Gasteiger partial charge in [-0.05, 0) is 30.3 Å². The molecular formula is C29H29NO9. The molecule has 0 saturated carbocycles. The van der Waals surface area contributed by atoms with Gasteiger partial charge in [-0.2, -0.15) is 0 Å². The smallest absolute Gasteiger partial charge is 0.268 e. The van der Waals surface area contributed by atoms with Crippen LogP contribution in [0.1, 0.15) is 21.5 Å². The first-order valence-corrected chi connectivity index (χ1v) is 12.3. The maximum atomic E-state index is 13.8. The zero-order valence-corrected chi connectivity index (χ0v) is 21.3. The van der Waals surface area contributed by atoms with Crippen molar-refractivity contribution in [3.05, 3.63) is 89.6 Å². The van der Waals surface area contributed by atoms with E-state index in [2.05, 4.69) is 4.98 Å². The Hall–Kier alpha value is -3.93. The van der Waals surface area contributed by atoms with Crippen molar-refractivity contribution in [1.82, 2.24) is 4.98 Å². The van der Waals surface area contributed by atoms with Crippen LogP contribution in [0.2, 0.25) is 0 Å². The van der Waals surface area contributed by atoms with E-state index in [1.54, 1.807) is 54.7 Å². The summed E-state index contributed by atoms with van der Waals surface area (Å²) in [5.41, 5.74) is 1.36. The third-order valence-electron chi connectivity index (χ3n) is 6.96. The monoisotopic (exact) mass is 535 g/mol. The number of carbonyl (C=O) groups is 1. The van der Waals surface area contributed by atoms with E-state index < -0.39 is 42.6 Å². The Kier molecular flexibility index (Phi) is 7.30. The number of aromatic amines is 1. The van der Waals surface area contributed by atoms with E-state index in [1.807, 2.05) is 12.1 Å². The lowest BCUT2D eigenvalue weighted by atomic mass is 9.87. The standard InChI is InChI=1S/C29H29NO9/c1-36-16-11-12-19(23(13-16)37-2)25(32)18-8-4-6-10-22(18)38-29(20-14-30-21-9-5-3-7-17(20)21)28(35)27(34)26(33)24(15-31)39-29/h3-14,24,26-28,30-31,33-35H,15H2,1-2H3/t24-,26+,27+,28-,29-/m1/s1. The van der Waals surface area contributed by atoms with E-state index in [0.717, 1.165) is 0 Å². The van der Waals surface area contributed by atoms with E-state index >= 15 is 0 Å². The molecule has 39 heavy (non-hydrogen) atoms. The molecule has 5 N–H and O–H groups in total. The third-order valence-corrected chi connectivity index (χ3v) is 6.96. The summed E-state index contributed by atoms with van der Waals surface area (Å²) in [7, 11) is 2.94. The molecule has 0 unspecified atom stereocenters. The number of fused-ring (bicyclic) bond motifs is 1. The number of nitrogens with one attached hydrogen (secondary N) is 1. The number of hydrogen-bond acceptors (Lipinski definition) is 9. The Labute approximate surface area is 224 Å². The zero-order chi connectivity index (χ0) is 27.7. The summed E-state index contributed by atoms with van der Waals surface area (Å²) in [6.45, 7) is -0.665. The Balaban J connectivity index is 1.65. The van der Waals surface area contributed by atoms with Gasteiger partial charge < -0.3 is 44.4 Å². The van der Waals surface area contributed by atoms with Crippen LogP contribution in [0.3, 0.4) is 0 Å². The minimum atomic E-state index is -2.12. The average molecular weight is 536 g/mol. The van der Waals surface area contributed by atoms with Gasteiger partial charge in [-0.3, -0.25) is 4.79 Å². The Bertz CT molecular complexity index is 1480. The number of carbonyl (C=O) groups excluding carboxylic acids is 1. The minimum absolute atomic E-state index is 0.0324. The molecule has 2 heterocycles. The molecule has 0 bridgehead atoms. The molecule has 4 aromatic rings. The van der Waals surface area contributed by atoms with Crippen molar-refractivity contribution in [1.29, 1.82) is 0 Å². The highest BCUT2D eigenvalue weighted by molar-refractivity contribution is 6.12. The SMILES string of the molecule is COc1ccc(C(=O)c2ccccc2O[C@]2(c3c[nH]c4ccccc34)O[C@H](CO)[C@H](O)[C@H](O)[C@H]2O)c(OC)c1. The van der Waals surface area contributed by atoms with Crippen molar-refractivity contribution < 1.29 is 44.2 Å². The second kappa shape index (κ2) is 10.7. The summed E-state index contributed by atoms with van der Waals surface area (Å²) < 4.78 is 23.1. The van der Waals surface area contributed by atoms with Crippen molar-refractivity contribution in [3.63, 3.8) is 0 Å². The van der Waals surface area contributed by atoms with Crippen LogP contribution in [0, 0.1) is 0 Å². The third kappa shape index (κ3) is 4.52. The van der Waals surface area contributed by atoms with Gasteiger partial charge in [-0.15, -0.1) is 0 Å². The van der Waals surface area contributed by atoms with Crippen LogP contribution < -0.4 is 14.2 Å². The Morgan fingerprint density at radius 2 is 1.64 bits per heavy atom. The first kappa shape index (κ1) is 26.7. The van der Waals surface area contributed by atoms with Gasteiger partial charge in [0, 0.05) is 23.2 Å². The predicted octanol–water partition coefficient (Wildman–Crippen LogP) is 2.12. The van der Waals surface area contributed by atoms with Crippen molar-refractivity contribution in [3.8, 4) is 17.2 Å². The van der Waals surface area contributed by atoms with Gasteiger partial charge in [0.15, 0.2) is 11.9 Å². The molecule has 10 nitrogen and oxygen atoms in total. The quantitative estimate of drug-likeness (QED) is 0.214. The molecule has 1 saturated heterocycles. The van der Waals surface area contributed by atoms with Crippen LogP contribution in [-0.2, 0) is 10.5 Å². The summed E-state index contributed by atoms with van der Waals surface area (Å²) >= 11 is 0. The van der Waals surface area contributed by atoms with Gasteiger partial charge in [0.25, 0.3) is 5.79 Å². The fraction of sp³-hybridized carbons (Fsp3) is 0.276. The Morgan fingerprint density at radius 3 is 2.38 bits per heavy atom. The topological polar surface area (TPSA) is 151 Å². The molecule has 0 radical (unpaired) electrons. The fourth-order valence-corrected chi connectivity index (χ4v) is 4.90. The van der Waals surface area contributed by atoms with E-state index in [4.69, 9.17) is 18.9 Å². The zero-order valence-electron chi connectivity index (χ0n) is 21.3. The lowest BCUT2D eigenvalue weighted by Gasteiger charge is -2.48. The van der Waals surface area contributed by atoms with Crippen molar-refractivity contribution in [2.75, 3.05) is 20.8 Å². The van der Waals surface area contributed by atoms with Gasteiger partial charge in [0.2, 0.25) is 0 Å². The number of benzene rings is 3. The van der Waals surface area contributed by atoms with E-state index in [0.29, 0.717) is 22.2 Å². The first-order valence-electron chi connectivity index (χ1n) is 12.3. The van der Waals surface area contributed by atoms with Crippen LogP contribution in [0.5, 0.6) is 17.2 Å². The van der Waals surface area contributed by atoms with E-state index in [1.165, 1.54) is 20.3 Å². The number of hydrogen-bond donors (Lipinski definition) is 5.